The SMILES string of the molecule is Cc1cc(N2CCN(C(=O)CCC(=O)Nc3nncs3)CC2)nc(N)n1. The van der Waals surface area contributed by atoms with Gasteiger partial charge in [-0.15, -0.1) is 10.2 Å². The van der Waals surface area contributed by atoms with Gasteiger partial charge in [-0.25, -0.2) is 4.98 Å². The summed E-state index contributed by atoms with van der Waals surface area (Å²) in [5, 5.41) is 10.4. The van der Waals surface area contributed by atoms with Gasteiger partial charge >= 0.3 is 0 Å². The summed E-state index contributed by atoms with van der Waals surface area (Å²) in [6, 6.07) is 1.88. The zero-order valence-electron chi connectivity index (χ0n) is 14.4. The molecule has 0 unspecified atom stereocenters. The fraction of sp³-hybridized carbons (Fsp3) is 0.467. The van der Waals surface area contributed by atoms with Crippen molar-refractivity contribution in [2.45, 2.75) is 19.8 Å². The summed E-state index contributed by atoms with van der Waals surface area (Å²) in [7, 11) is 0. The van der Waals surface area contributed by atoms with Gasteiger partial charge in [0, 0.05) is 50.8 Å². The highest BCUT2D eigenvalue weighted by Gasteiger charge is 2.22. The monoisotopic (exact) mass is 376 g/mol. The van der Waals surface area contributed by atoms with E-state index >= 15 is 0 Å². The number of hydrogen-bond acceptors (Lipinski definition) is 9. The number of nitrogens with one attached hydrogen (secondary N) is 1. The van der Waals surface area contributed by atoms with Crippen molar-refractivity contribution in [1.29, 1.82) is 0 Å². The number of nitrogens with zero attached hydrogens (tertiary/aromatic N) is 6. The van der Waals surface area contributed by atoms with E-state index in [4.69, 9.17) is 5.73 Å². The minimum Gasteiger partial charge on any atom is -0.368 e. The molecule has 2 amide bonds. The van der Waals surface area contributed by atoms with Gasteiger partial charge in [0.25, 0.3) is 0 Å². The van der Waals surface area contributed by atoms with E-state index in [-0.39, 0.29) is 30.6 Å². The van der Waals surface area contributed by atoms with Gasteiger partial charge in [-0.2, -0.15) is 4.98 Å². The second-order valence-corrected chi connectivity index (χ2v) is 6.72. The molecule has 3 rings (SSSR count). The van der Waals surface area contributed by atoms with Crippen molar-refractivity contribution in [2.24, 2.45) is 0 Å². The molecule has 11 heteroatoms. The van der Waals surface area contributed by atoms with Crippen molar-refractivity contribution >= 4 is 40.0 Å². The van der Waals surface area contributed by atoms with Crippen LogP contribution in [0.5, 0.6) is 0 Å². The lowest BCUT2D eigenvalue weighted by Gasteiger charge is -2.35. The predicted molar refractivity (Wildman–Crippen MR) is 97.7 cm³/mol. The molecule has 0 aromatic carbocycles. The van der Waals surface area contributed by atoms with E-state index in [9.17, 15) is 9.59 Å². The van der Waals surface area contributed by atoms with Crippen LogP contribution in [-0.4, -0.2) is 63.1 Å². The van der Waals surface area contributed by atoms with Crippen molar-refractivity contribution in [2.75, 3.05) is 42.1 Å². The summed E-state index contributed by atoms with van der Waals surface area (Å²) < 4.78 is 0. The summed E-state index contributed by atoms with van der Waals surface area (Å²) in [5.74, 6) is 0.759. The van der Waals surface area contributed by atoms with Gasteiger partial charge in [-0.3, -0.25) is 9.59 Å². The van der Waals surface area contributed by atoms with Crippen molar-refractivity contribution in [3.8, 4) is 0 Å². The Labute approximate surface area is 154 Å². The van der Waals surface area contributed by atoms with E-state index in [0.29, 0.717) is 31.3 Å². The summed E-state index contributed by atoms with van der Waals surface area (Å²) in [6.45, 7) is 4.37. The highest BCUT2D eigenvalue weighted by molar-refractivity contribution is 7.13. The maximum Gasteiger partial charge on any atom is 0.226 e. The maximum atomic E-state index is 12.3. The predicted octanol–water partition coefficient (Wildman–Crippen LogP) is 0.286. The van der Waals surface area contributed by atoms with E-state index in [0.717, 1.165) is 11.5 Å². The fourth-order valence-corrected chi connectivity index (χ4v) is 3.17. The Bertz CT molecular complexity index is 754. The van der Waals surface area contributed by atoms with Gasteiger partial charge in [0.1, 0.15) is 11.3 Å². The number of hydrogen-bond donors (Lipinski definition) is 2. The summed E-state index contributed by atoms with van der Waals surface area (Å²) in [5.41, 5.74) is 8.05. The maximum absolute atomic E-state index is 12.3. The van der Waals surface area contributed by atoms with Gasteiger partial charge in [-0.05, 0) is 6.92 Å². The Hall–Kier alpha value is -2.82. The van der Waals surface area contributed by atoms with Crippen LogP contribution in [0.15, 0.2) is 11.6 Å². The lowest BCUT2D eigenvalue weighted by Crippen LogP contribution is -2.49. The Morgan fingerprint density at radius 3 is 2.65 bits per heavy atom. The molecule has 0 aliphatic carbocycles. The van der Waals surface area contributed by atoms with Crippen molar-refractivity contribution in [1.82, 2.24) is 25.1 Å². The number of aromatic nitrogens is 4. The van der Waals surface area contributed by atoms with Crippen molar-refractivity contribution < 1.29 is 9.59 Å². The Kier molecular flexibility index (Phi) is 5.56. The van der Waals surface area contributed by atoms with E-state index in [1.807, 2.05) is 13.0 Å². The summed E-state index contributed by atoms with van der Waals surface area (Å²) in [4.78, 5) is 36.3. The first-order valence-corrected chi connectivity index (χ1v) is 9.09. The van der Waals surface area contributed by atoms with Crippen molar-refractivity contribution in [3.05, 3.63) is 17.3 Å². The molecule has 0 spiro atoms. The molecular formula is C15H20N8O2S. The largest absolute Gasteiger partial charge is 0.368 e. The number of nitrogen functional groups attached to an aromatic ring is 1. The zero-order chi connectivity index (χ0) is 18.5. The number of carbonyl (C=O) groups excluding carboxylic acids is 2. The first kappa shape index (κ1) is 18.0. The molecule has 0 saturated carbocycles. The number of aryl methyl sites for hydroxylation is 1. The van der Waals surface area contributed by atoms with Crippen LogP contribution in [0.3, 0.4) is 0 Å². The number of amides is 2. The highest BCUT2D eigenvalue weighted by Crippen LogP contribution is 2.16. The molecule has 1 fully saturated rings. The molecule has 3 heterocycles. The zero-order valence-corrected chi connectivity index (χ0v) is 15.2. The molecule has 0 bridgehead atoms. The van der Waals surface area contributed by atoms with E-state index < -0.39 is 0 Å². The smallest absolute Gasteiger partial charge is 0.226 e. The minimum atomic E-state index is -0.235. The van der Waals surface area contributed by atoms with Crippen LogP contribution < -0.4 is 16.0 Å². The van der Waals surface area contributed by atoms with Gasteiger partial charge in [0.15, 0.2) is 0 Å². The van der Waals surface area contributed by atoms with Crippen LogP contribution in [0, 0.1) is 6.92 Å². The number of piperazine rings is 1. The molecule has 138 valence electrons. The standard InChI is InChI=1S/C15H20N8O2S/c1-10-8-11(19-14(16)18-10)22-4-6-23(7-5-22)13(25)3-2-12(24)20-15-21-17-9-26-15/h8-9H,2-7H2,1H3,(H2,16,18,19)(H,20,21,24). The third kappa shape index (κ3) is 4.63. The molecule has 2 aromatic heterocycles. The number of rotatable bonds is 5. The number of anilines is 3. The first-order valence-electron chi connectivity index (χ1n) is 8.21. The molecule has 3 N–H and O–H groups in total. The van der Waals surface area contributed by atoms with Gasteiger partial charge in [0.2, 0.25) is 22.9 Å². The summed E-state index contributed by atoms with van der Waals surface area (Å²) in [6.07, 6.45) is 0.296. The van der Waals surface area contributed by atoms with Crippen LogP contribution >= 0.6 is 11.3 Å². The first-order chi connectivity index (χ1) is 12.5. The molecule has 1 aliphatic rings. The number of nitrogens with two attached hydrogens (primary N) is 1. The molecule has 2 aromatic rings. The number of carbonyl (C=O) groups is 2. The summed E-state index contributed by atoms with van der Waals surface area (Å²) >= 11 is 1.24. The molecule has 26 heavy (non-hydrogen) atoms. The van der Waals surface area contributed by atoms with Gasteiger partial charge < -0.3 is 20.9 Å². The molecule has 10 nitrogen and oxygen atoms in total. The van der Waals surface area contributed by atoms with Crippen LogP contribution in [0.4, 0.5) is 16.9 Å². The van der Waals surface area contributed by atoms with E-state index in [2.05, 4.69) is 30.4 Å². The quantitative estimate of drug-likeness (QED) is 0.761. The lowest BCUT2D eigenvalue weighted by atomic mass is 10.2. The van der Waals surface area contributed by atoms with Crippen LogP contribution in [-0.2, 0) is 9.59 Å². The highest BCUT2D eigenvalue weighted by atomic mass is 32.1. The molecule has 1 saturated heterocycles. The molecule has 0 atom stereocenters. The van der Waals surface area contributed by atoms with Crippen LogP contribution in [0.2, 0.25) is 0 Å². The Morgan fingerprint density at radius 1 is 1.23 bits per heavy atom. The van der Waals surface area contributed by atoms with Gasteiger partial charge in [0.05, 0.1) is 0 Å². The van der Waals surface area contributed by atoms with Crippen LogP contribution in [0.25, 0.3) is 0 Å². The third-order valence-electron chi connectivity index (χ3n) is 3.99. The average molecular weight is 376 g/mol. The lowest BCUT2D eigenvalue weighted by molar-refractivity contribution is -0.133. The Morgan fingerprint density at radius 2 is 2.00 bits per heavy atom. The third-order valence-corrected chi connectivity index (χ3v) is 4.59. The molecule has 0 radical (unpaired) electrons. The Balaban J connectivity index is 1.45. The second-order valence-electron chi connectivity index (χ2n) is 5.89. The fourth-order valence-electron chi connectivity index (χ4n) is 2.71. The van der Waals surface area contributed by atoms with E-state index in [1.54, 1.807) is 4.90 Å². The van der Waals surface area contributed by atoms with Crippen LogP contribution in [0.1, 0.15) is 18.5 Å². The molecule has 1 aliphatic heterocycles. The normalized spacial score (nSPS) is 14.3. The average Bonchev–Trinajstić information content (AvgIpc) is 3.12. The second kappa shape index (κ2) is 8.04. The molecular weight excluding hydrogens is 356 g/mol. The minimum absolute atomic E-state index is 0.0320. The van der Waals surface area contributed by atoms with Gasteiger partial charge in [-0.1, -0.05) is 11.3 Å². The van der Waals surface area contributed by atoms with Crippen molar-refractivity contribution in [3.63, 3.8) is 0 Å². The topological polar surface area (TPSA) is 130 Å². The van der Waals surface area contributed by atoms with E-state index in [1.165, 1.54) is 16.8 Å².